The number of hydrogen-bond acceptors (Lipinski definition) is 3. The number of benzene rings is 1. The third-order valence-corrected chi connectivity index (χ3v) is 4.51. The van der Waals surface area contributed by atoms with Crippen molar-refractivity contribution in [2.45, 2.75) is 57.2 Å². The van der Waals surface area contributed by atoms with E-state index < -0.39 is 6.09 Å². The maximum atomic E-state index is 11.3. The van der Waals surface area contributed by atoms with Gasteiger partial charge < -0.3 is 19.5 Å². The van der Waals surface area contributed by atoms with Crippen molar-refractivity contribution in [2.75, 3.05) is 6.61 Å². The fourth-order valence-corrected chi connectivity index (χ4v) is 3.56. The van der Waals surface area contributed by atoms with Crippen molar-refractivity contribution in [2.24, 2.45) is 0 Å². The van der Waals surface area contributed by atoms with E-state index in [9.17, 15) is 9.90 Å². The minimum absolute atomic E-state index is 0.107. The van der Waals surface area contributed by atoms with E-state index in [-0.39, 0.29) is 18.2 Å². The normalized spacial score (nSPS) is 26.8. The molecule has 0 aromatic heterocycles. The Labute approximate surface area is 130 Å². The van der Waals surface area contributed by atoms with E-state index >= 15 is 0 Å². The number of carboxylic acid groups (broad SMARTS) is 1. The lowest BCUT2D eigenvalue weighted by Crippen LogP contribution is -2.48. The molecule has 0 spiro atoms. The largest absolute Gasteiger partial charge is 0.494 e. The summed E-state index contributed by atoms with van der Waals surface area (Å²) in [5.41, 5.74) is 0. The third kappa shape index (κ3) is 3.13. The summed E-state index contributed by atoms with van der Waals surface area (Å²) in [4.78, 5) is 12.9. The van der Waals surface area contributed by atoms with Crippen LogP contribution >= 0.6 is 0 Å². The molecule has 1 amide bonds. The summed E-state index contributed by atoms with van der Waals surface area (Å²) >= 11 is 0. The average molecular weight is 305 g/mol. The number of ether oxygens (including phenoxy) is 2. The zero-order valence-electron chi connectivity index (χ0n) is 12.9. The molecule has 0 radical (unpaired) electrons. The van der Waals surface area contributed by atoms with E-state index in [1.165, 1.54) is 0 Å². The molecule has 2 aliphatic rings. The van der Waals surface area contributed by atoms with E-state index in [0.717, 1.165) is 50.2 Å². The highest BCUT2D eigenvalue weighted by molar-refractivity contribution is 5.66. The highest BCUT2D eigenvalue weighted by atomic mass is 16.5. The molecule has 120 valence electrons. The van der Waals surface area contributed by atoms with Gasteiger partial charge in [-0.05, 0) is 43.5 Å². The number of fused-ring (bicyclic) bond motifs is 2. The first kappa shape index (κ1) is 15.0. The lowest BCUT2D eigenvalue weighted by atomic mass is 10.0. The van der Waals surface area contributed by atoms with Crippen LogP contribution in [0.5, 0.6) is 11.5 Å². The van der Waals surface area contributed by atoms with Gasteiger partial charge in [-0.3, -0.25) is 0 Å². The predicted molar refractivity (Wildman–Crippen MR) is 82.6 cm³/mol. The molecule has 3 atom stereocenters. The Balaban J connectivity index is 1.57. The van der Waals surface area contributed by atoms with Crippen molar-refractivity contribution < 1.29 is 19.4 Å². The van der Waals surface area contributed by atoms with Gasteiger partial charge in [-0.1, -0.05) is 6.92 Å². The third-order valence-electron chi connectivity index (χ3n) is 4.51. The van der Waals surface area contributed by atoms with Crippen molar-refractivity contribution >= 4 is 6.09 Å². The quantitative estimate of drug-likeness (QED) is 0.904. The number of amides is 1. The maximum Gasteiger partial charge on any atom is 0.407 e. The van der Waals surface area contributed by atoms with Gasteiger partial charge in [0.05, 0.1) is 6.61 Å². The molecular weight excluding hydrogens is 282 g/mol. The maximum absolute atomic E-state index is 11.3. The molecule has 2 heterocycles. The number of hydrogen-bond donors (Lipinski definition) is 1. The van der Waals surface area contributed by atoms with Gasteiger partial charge in [0.15, 0.2) is 0 Å². The van der Waals surface area contributed by atoms with E-state index in [2.05, 4.69) is 6.92 Å². The fraction of sp³-hybridized carbons (Fsp3) is 0.588. The van der Waals surface area contributed by atoms with Crippen molar-refractivity contribution in [1.29, 1.82) is 0 Å². The highest BCUT2D eigenvalue weighted by Gasteiger charge is 2.44. The van der Waals surface area contributed by atoms with Crippen LogP contribution in [0.4, 0.5) is 4.79 Å². The van der Waals surface area contributed by atoms with Crippen molar-refractivity contribution in [3.05, 3.63) is 24.3 Å². The van der Waals surface area contributed by atoms with Crippen LogP contribution in [0, 0.1) is 0 Å². The zero-order chi connectivity index (χ0) is 15.5. The second kappa shape index (κ2) is 6.46. The summed E-state index contributed by atoms with van der Waals surface area (Å²) in [5, 5.41) is 9.27. The van der Waals surface area contributed by atoms with Gasteiger partial charge >= 0.3 is 6.09 Å². The minimum atomic E-state index is -0.789. The van der Waals surface area contributed by atoms with Crippen molar-refractivity contribution in [3.8, 4) is 11.5 Å². The molecule has 0 aliphatic carbocycles. The van der Waals surface area contributed by atoms with Gasteiger partial charge in [-0.15, -0.1) is 0 Å². The smallest absolute Gasteiger partial charge is 0.407 e. The fourth-order valence-electron chi connectivity index (χ4n) is 3.56. The first-order chi connectivity index (χ1) is 10.7. The summed E-state index contributed by atoms with van der Waals surface area (Å²) in [6, 6.07) is 7.94. The number of nitrogens with zero attached hydrogens (tertiary/aromatic N) is 1. The Bertz CT molecular complexity index is 502. The molecule has 1 N–H and O–H groups in total. The zero-order valence-corrected chi connectivity index (χ0v) is 12.9. The van der Waals surface area contributed by atoms with Crippen molar-refractivity contribution in [3.63, 3.8) is 0 Å². The van der Waals surface area contributed by atoms with Gasteiger partial charge in [0, 0.05) is 24.9 Å². The minimum Gasteiger partial charge on any atom is -0.494 e. The lowest BCUT2D eigenvalue weighted by molar-refractivity contribution is 0.0495. The summed E-state index contributed by atoms with van der Waals surface area (Å²) in [7, 11) is 0. The average Bonchev–Trinajstić information content (AvgIpc) is 2.79. The molecule has 2 saturated heterocycles. The number of rotatable bonds is 5. The molecule has 1 aromatic rings. The van der Waals surface area contributed by atoms with Crippen LogP contribution in [0.3, 0.4) is 0 Å². The molecule has 2 fully saturated rings. The van der Waals surface area contributed by atoms with Crippen LogP contribution in [0.15, 0.2) is 24.3 Å². The van der Waals surface area contributed by atoms with Gasteiger partial charge in [-0.2, -0.15) is 0 Å². The van der Waals surface area contributed by atoms with Crippen LogP contribution in [0.2, 0.25) is 0 Å². The molecule has 0 saturated carbocycles. The van der Waals surface area contributed by atoms with E-state index in [1.807, 2.05) is 24.3 Å². The summed E-state index contributed by atoms with van der Waals surface area (Å²) < 4.78 is 11.6. The van der Waals surface area contributed by atoms with Gasteiger partial charge in [0.1, 0.15) is 17.6 Å². The predicted octanol–water partition coefficient (Wildman–Crippen LogP) is 3.53. The Kier molecular flexibility index (Phi) is 4.41. The molecule has 22 heavy (non-hydrogen) atoms. The second-order valence-electron chi connectivity index (χ2n) is 6.11. The number of piperidine rings is 1. The Hall–Kier alpha value is -1.91. The topological polar surface area (TPSA) is 59.0 Å². The van der Waals surface area contributed by atoms with Gasteiger partial charge in [0.2, 0.25) is 0 Å². The molecule has 5 heteroatoms. The molecule has 1 aromatic carbocycles. The van der Waals surface area contributed by atoms with Gasteiger partial charge in [-0.25, -0.2) is 4.79 Å². The van der Waals surface area contributed by atoms with E-state index in [0.29, 0.717) is 0 Å². The molecule has 3 rings (SSSR count). The van der Waals surface area contributed by atoms with Crippen LogP contribution < -0.4 is 9.47 Å². The van der Waals surface area contributed by atoms with Crippen molar-refractivity contribution in [1.82, 2.24) is 4.90 Å². The van der Waals surface area contributed by atoms with Crippen LogP contribution in [0.25, 0.3) is 0 Å². The first-order valence-corrected chi connectivity index (χ1v) is 8.08. The molecule has 2 bridgehead atoms. The van der Waals surface area contributed by atoms with Crippen LogP contribution in [-0.4, -0.2) is 40.9 Å². The summed E-state index contributed by atoms with van der Waals surface area (Å²) in [5.74, 6) is 1.69. The van der Waals surface area contributed by atoms with Gasteiger partial charge in [0.25, 0.3) is 0 Å². The second-order valence-corrected chi connectivity index (χ2v) is 6.11. The lowest BCUT2D eigenvalue weighted by Gasteiger charge is -2.37. The highest BCUT2D eigenvalue weighted by Crippen LogP contribution is 2.37. The van der Waals surface area contributed by atoms with E-state index in [1.54, 1.807) is 4.90 Å². The Morgan fingerprint density at radius 3 is 2.32 bits per heavy atom. The summed E-state index contributed by atoms with van der Waals surface area (Å²) in [6.45, 7) is 2.80. The monoisotopic (exact) mass is 305 g/mol. The Morgan fingerprint density at radius 2 is 1.77 bits per heavy atom. The molecule has 5 nitrogen and oxygen atoms in total. The standard InChI is InChI=1S/C17H23NO4/c1-2-9-21-14-5-7-15(8-6-14)22-16-10-12-3-4-13(11-16)18(12)17(19)20/h5-8,12-13,16H,2-4,9-11H2,1H3,(H,19,20)/t12-,13+,16+. The van der Waals surface area contributed by atoms with Crippen LogP contribution in [-0.2, 0) is 0 Å². The Morgan fingerprint density at radius 1 is 1.18 bits per heavy atom. The molecule has 0 unspecified atom stereocenters. The first-order valence-electron chi connectivity index (χ1n) is 8.08. The van der Waals surface area contributed by atoms with E-state index in [4.69, 9.17) is 9.47 Å². The molecular formula is C17H23NO4. The number of carbonyl (C=O) groups is 1. The van der Waals surface area contributed by atoms with Crippen LogP contribution in [0.1, 0.15) is 39.0 Å². The summed E-state index contributed by atoms with van der Waals surface area (Å²) in [6.07, 6.45) is 3.80. The SMILES string of the molecule is CCCOc1ccc(O[C@H]2C[C@H]3CC[C@@H](C2)N3C(=O)O)cc1. The molecule has 2 aliphatic heterocycles.